The topological polar surface area (TPSA) is 65.2 Å². The molecule has 7 heteroatoms. The Labute approximate surface area is 115 Å². The summed E-state index contributed by atoms with van der Waals surface area (Å²) in [4.78, 5) is 11.9. The molecule has 0 fully saturated rings. The molecule has 0 unspecified atom stereocenters. The maximum absolute atomic E-state index is 13.2. The summed E-state index contributed by atoms with van der Waals surface area (Å²) in [7, 11) is 1.35. The minimum absolute atomic E-state index is 0.0942. The van der Waals surface area contributed by atoms with Gasteiger partial charge in [0.1, 0.15) is 0 Å². The van der Waals surface area contributed by atoms with Gasteiger partial charge in [0, 0.05) is 12.4 Å². The maximum atomic E-state index is 13.2. The largest absolute Gasteiger partial charge is 0.479 e. The normalized spacial score (nSPS) is 10.0. The predicted octanol–water partition coefficient (Wildman–Crippen LogP) is 2.36. The van der Waals surface area contributed by atoms with Crippen molar-refractivity contribution in [2.75, 3.05) is 7.11 Å². The number of fused-ring (bicyclic) bond motifs is 1. The van der Waals surface area contributed by atoms with Crippen molar-refractivity contribution in [3.63, 3.8) is 0 Å². The Bertz CT molecular complexity index is 713. The van der Waals surface area contributed by atoms with E-state index in [0.717, 1.165) is 11.7 Å². The van der Waals surface area contributed by atoms with E-state index in [1.54, 1.807) is 29.3 Å². The van der Waals surface area contributed by atoms with Gasteiger partial charge in [-0.1, -0.05) is 13.8 Å². The second kappa shape index (κ2) is 6.05. The Morgan fingerprint density at radius 1 is 1.20 bits per heavy atom. The Kier molecular flexibility index (Phi) is 4.19. The molecule has 0 radical (unpaired) electrons. The van der Waals surface area contributed by atoms with E-state index in [1.165, 1.54) is 7.11 Å². The summed E-state index contributed by atoms with van der Waals surface area (Å²) in [6.45, 7) is 4.00. The molecule has 3 rings (SSSR count). The van der Waals surface area contributed by atoms with Crippen LogP contribution in [0.1, 0.15) is 13.8 Å². The molecule has 3 aromatic rings. The zero-order chi connectivity index (χ0) is 14.5. The molecule has 0 aliphatic rings. The molecule has 3 heterocycles. The highest BCUT2D eigenvalue weighted by Gasteiger charge is 2.12. The lowest BCUT2D eigenvalue weighted by molar-refractivity contribution is 0.368. The highest BCUT2D eigenvalue weighted by Crippen LogP contribution is 2.22. The van der Waals surface area contributed by atoms with E-state index < -0.39 is 5.82 Å². The number of nitrogens with zero attached hydrogens (tertiary/aromatic N) is 5. The molecule has 0 atom stereocenters. The predicted molar refractivity (Wildman–Crippen MR) is 71.9 cm³/mol. The lowest BCUT2D eigenvalue weighted by atomic mass is 10.3. The van der Waals surface area contributed by atoms with Crippen LogP contribution in [0.5, 0.6) is 5.88 Å². The van der Waals surface area contributed by atoms with Gasteiger partial charge >= 0.3 is 0 Å². The minimum Gasteiger partial charge on any atom is -0.479 e. The fraction of sp³-hybridized carbons (Fsp3) is 0.231. The maximum Gasteiger partial charge on any atom is 0.253 e. The first-order chi connectivity index (χ1) is 9.79. The summed E-state index contributed by atoms with van der Waals surface area (Å²) in [5.74, 6) is -0.352. The zero-order valence-electron chi connectivity index (χ0n) is 11.4. The van der Waals surface area contributed by atoms with Crippen LogP contribution in [0.3, 0.4) is 0 Å². The van der Waals surface area contributed by atoms with E-state index in [4.69, 9.17) is 4.74 Å². The minimum atomic E-state index is -0.601. The molecule has 0 N–H and O–H groups in total. The van der Waals surface area contributed by atoms with Crippen molar-refractivity contribution >= 4 is 5.52 Å². The first-order valence-corrected chi connectivity index (χ1v) is 6.14. The number of methoxy groups -OCH3 is 1. The van der Waals surface area contributed by atoms with E-state index in [1.807, 2.05) is 13.8 Å². The summed E-state index contributed by atoms with van der Waals surface area (Å²) in [6.07, 6.45) is 7.64. The van der Waals surface area contributed by atoms with Gasteiger partial charge < -0.3 is 4.74 Å². The van der Waals surface area contributed by atoms with E-state index in [9.17, 15) is 4.39 Å². The van der Waals surface area contributed by atoms with Crippen LogP contribution in [-0.2, 0) is 0 Å². The molecule has 20 heavy (non-hydrogen) atoms. The molecule has 0 bridgehead atoms. The number of aromatic nitrogens is 5. The molecular weight excluding hydrogens is 261 g/mol. The fourth-order valence-corrected chi connectivity index (χ4v) is 1.63. The van der Waals surface area contributed by atoms with Gasteiger partial charge in [-0.3, -0.25) is 4.98 Å². The highest BCUT2D eigenvalue weighted by atomic mass is 19.1. The molecular formula is C13H14FN5O. The van der Waals surface area contributed by atoms with E-state index >= 15 is 0 Å². The van der Waals surface area contributed by atoms with Crippen molar-refractivity contribution < 1.29 is 9.13 Å². The number of ether oxygens (including phenoxy) is 1. The van der Waals surface area contributed by atoms with Crippen LogP contribution in [0.25, 0.3) is 16.9 Å². The fourth-order valence-electron chi connectivity index (χ4n) is 1.63. The number of rotatable bonds is 2. The molecule has 0 aromatic carbocycles. The third-order valence-electron chi connectivity index (χ3n) is 2.47. The van der Waals surface area contributed by atoms with E-state index in [2.05, 4.69) is 20.1 Å². The third-order valence-corrected chi connectivity index (χ3v) is 2.47. The number of hydrogen-bond donors (Lipinski definition) is 0. The van der Waals surface area contributed by atoms with Crippen LogP contribution < -0.4 is 4.74 Å². The van der Waals surface area contributed by atoms with Crippen LogP contribution in [0, 0.1) is 5.82 Å². The van der Waals surface area contributed by atoms with Crippen LogP contribution >= 0.6 is 0 Å². The lowest BCUT2D eigenvalue weighted by Gasteiger charge is -2.02. The molecule has 104 valence electrons. The second-order valence-corrected chi connectivity index (χ2v) is 3.52. The second-order valence-electron chi connectivity index (χ2n) is 3.52. The third kappa shape index (κ3) is 2.42. The Hall–Kier alpha value is -2.57. The molecule has 0 saturated carbocycles. The van der Waals surface area contributed by atoms with Gasteiger partial charge in [-0.2, -0.15) is 14.5 Å². The molecule has 0 spiro atoms. The Balaban J connectivity index is 0.000000704. The SMILES string of the molecule is CC.COc1nc(-c2cnn3ccncc23)ncc1F. The first kappa shape index (κ1) is 13.9. The standard InChI is InChI=1S/C11H8FN5O.C2H6/c1-18-11-8(12)5-14-10(16-11)7-4-15-17-3-2-13-6-9(7)17;1-2/h2-6H,1H3;1-2H3. The van der Waals surface area contributed by atoms with E-state index in [0.29, 0.717) is 11.4 Å². The summed E-state index contributed by atoms with van der Waals surface area (Å²) in [6, 6.07) is 0. The molecule has 0 amide bonds. The average molecular weight is 275 g/mol. The van der Waals surface area contributed by atoms with Gasteiger partial charge in [0.15, 0.2) is 5.82 Å². The van der Waals surface area contributed by atoms with Gasteiger partial charge in [-0.05, 0) is 0 Å². The van der Waals surface area contributed by atoms with Crippen molar-refractivity contribution in [3.05, 3.63) is 36.8 Å². The smallest absolute Gasteiger partial charge is 0.253 e. The summed E-state index contributed by atoms with van der Waals surface area (Å²) in [5.41, 5.74) is 1.41. The van der Waals surface area contributed by atoms with Gasteiger partial charge in [0.25, 0.3) is 5.88 Å². The molecule has 0 aliphatic heterocycles. The number of halogens is 1. The van der Waals surface area contributed by atoms with Gasteiger partial charge in [-0.25, -0.2) is 9.50 Å². The molecule has 3 aromatic heterocycles. The summed E-state index contributed by atoms with van der Waals surface area (Å²) < 4.78 is 19.7. The van der Waals surface area contributed by atoms with E-state index in [-0.39, 0.29) is 5.88 Å². The lowest BCUT2D eigenvalue weighted by Crippen LogP contribution is -1.97. The summed E-state index contributed by atoms with van der Waals surface area (Å²) in [5, 5.41) is 4.14. The van der Waals surface area contributed by atoms with Crippen LogP contribution in [0.15, 0.2) is 31.0 Å². The van der Waals surface area contributed by atoms with Crippen LogP contribution in [0.4, 0.5) is 4.39 Å². The Morgan fingerprint density at radius 3 is 2.75 bits per heavy atom. The molecule has 0 aliphatic carbocycles. The summed E-state index contributed by atoms with van der Waals surface area (Å²) >= 11 is 0. The van der Waals surface area contributed by atoms with Crippen molar-refractivity contribution in [1.29, 1.82) is 0 Å². The van der Waals surface area contributed by atoms with Crippen molar-refractivity contribution in [3.8, 4) is 17.3 Å². The molecule has 0 saturated heterocycles. The molecule has 6 nitrogen and oxygen atoms in total. The first-order valence-electron chi connectivity index (χ1n) is 6.14. The van der Waals surface area contributed by atoms with Gasteiger partial charge in [-0.15, -0.1) is 0 Å². The van der Waals surface area contributed by atoms with Gasteiger partial charge in [0.2, 0.25) is 5.82 Å². The van der Waals surface area contributed by atoms with Crippen molar-refractivity contribution in [1.82, 2.24) is 24.6 Å². The monoisotopic (exact) mass is 275 g/mol. The van der Waals surface area contributed by atoms with Crippen molar-refractivity contribution in [2.45, 2.75) is 13.8 Å². The van der Waals surface area contributed by atoms with Crippen LogP contribution in [-0.4, -0.2) is 31.7 Å². The Morgan fingerprint density at radius 2 is 2.00 bits per heavy atom. The van der Waals surface area contributed by atoms with Crippen molar-refractivity contribution in [2.24, 2.45) is 0 Å². The quantitative estimate of drug-likeness (QED) is 0.718. The van der Waals surface area contributed by atoms with Gasteiger partial charge in [0.05, 0.1) is 36.8 Å². The van der Waals surface area contributed by atoms with Crippen LogP contribution in [0.2, 0.25) is 0 Å². The zero-order valence-corrected chi connectivity index (χ0v) is 11.4. The average Bonchev–Trinajstić information content (AvgIpc) is 2.94. The number of hydrogen-bond acceptors (Lipinski definition) is 5. The highest BCUT2D eigenvalue weighted by molar-refractivity contribution is 5.74.